The van der Waals surface area contributed by atoms with Crippen LogP contribution in [-0.4, -0.2) is 55.4 Å². The van der Waals surface area contributed by atoms with Crippen molar-refractivity contribution in [1.29, 1.82) is 0 Å². The summed E-state index contributed by atoms with van der Waals surface area (Å²) in [5, 5.41) is 6.18. The molecule has 1 N–H and O–H groups in total. The number of anilines is 1. The summed E-state index contributed by atoms with van der Waals surface area (Å²) in [5.74, 6) is -1.03. The van der Waals surface area contributed by atoms with Crippen LogP contribution in [0.25, 0.3) is 0 Å². The summed E-state index contributed by atoms with van der Waals surface area (Å²) < 4.78 is 38.9. The quantitative estimate of drug-likeness (QED) is 0.702. The third-order valence-corrected chi connectivity index (χ3v) is 6.53. The van der Waals surface area contributed by atoms with Crippen molar-refractivity contribution in [2.75, 3.05) is 18.4 Å². The topological polar surface area (TPSA) is 131 Å². The highest BCUT2D eigenvalue weighted by molar-refractivity contribution is 7.90. The second-order valence-corrected chi connectivity index (χ2v) is 9.14. The lowest BCUT2D eigenvalue weighted by molar-refractivity contribution is -0.158. The maximum Gasteiger partial charge on any atom is 0.311 e. The Balaban J connectivity index is 1.41. The number of carbonyl (C=O) groups excluding carboxylic acids is 2. The first kappa shape index (κ1) is 21.0. The number of nitrogens with zero attached hydrogens (tertiary/aromatic N) is 3. The average Bonchev–Trinajstić information content (AvgIpc) is 3.28. The molecule has 3 heterocycles. The summed E-state index contributed by atoms with van der Waals surface area (Å²) in [6, 6.07) is 8.18. The van der Waals surface area contributed by atoms with Gasteiger partial charge in [-0.1, -0.05) is 17.3 Å². The predicted molar refractivity (Wildman–Crippen MR) is 110 cm³/mol. The van der Waals surface area contributed by atoms with Crippen molar-refractivity contribution in [3.63, 3.8) is 0 Å². The van der Waals surface area contributed by atoms with E-state index in [-0.39, 0.29) is 17.3 Å². The van der Waals surface area contributed by atoms with E-state index in [9.17, 15) is 18.0 Å². The number of nitrogens with one attached hydrogen (secondary N) is 1. The van der Waals surface area contributed by atoms with Gasteiger partial charge >= 0.3 is 5.97 Å². The van der Waals surface area contributed by atoms with Crippen LogP contribution in [0.4, 0.5) is 5.88 Å². The fourth-order valence-electron chi connectivity index (χ4n) is 3.65. The molecule has 2 atom stereocenters. The number of hydrogen-bond acceptors (Lipinski definition) is 8. The van der Waals surface area contributed by atoms with Crippen LogP contribution in [0.2, 0.25) is 0 Å². The van der Waals surface area contributed by atoms with Crippen LogP contribution in [0.1, 0.15) is 31.0 Å². The Labute approximate surface area is 179 Å². The number of fused-ring (bicyclic) bond motifs is 1. The zero-order chi connectivity index (χ0) is 22.2. The molecule has 164 valence electrons. The monoisotopic (exact) mass is 446 g/mol. The van der Waals surface area contributed by atoms with E-state index in [1.807, 2.05) is 0 Å². The van der Waals surface area contributed by atoms with Gasteiger partial charge in [0.1, 0.15) is 4.90 Å². The molecule has 10 nitrogen and oxygen atoms in total. The van der Waals surface area contributed by atoms with Crippen LogP contribution in [0.5, 0.6) is 0 Å². The molecule has 1 amide bonds. The van der Waals surface area contributed by atoms with Gasteiger partial charge in [0, 0.05) is 24.7 Å². The fraction of sp³-hybridized carbons (Fsp3) is 0.400. The number of esters is 1. The fourth-order valence-corrected chi connectivity index (χ4v) is 4.88. The largest absolute Gasteiger partial charge is 0.452 e. The molecule has 0 aliphatic carbocycles. The maximum atomic E-state index is 12.7. The molecule has 4 rings (SSSR count). The molecule has 2 aliphatic heterocycles. The van der Waals surface area contributed by atoms with Crippen molar-refractivity contribution < 1.29 is 27.3 Å². The first-order valence-electron chi connectivity index (χ1n) is 9.88. The molecule has 31 heavy (non-hydrogen) atoms. The summed E-state index contributed by atoms with van der Waals surface area (Å²) in [6.07, 6.45) is 0.212. The number of aromatic nitrogens is 1. The van der Waals surface area contributed by atoms with Crippen LogP contribution in [0.3, 0.4) is 0 Å². The van der Waals surface area contributed by atoms with E-state index in [1.54, 1.807) is 36.1 Å². The molecule has 1 saturated heterocycles. The number of piperidine rings is 1. The zero-order valence-corrected chi connectivity index (χ0v) is 17.9. The second-order valence-electron chi connectivity index (χ2n) is 7.57. The summed E-state index contributed by atoms with van der Waals surface area (Å²) in [7, 11) is -3.74. The van der Waals surface area contributed by atoms with Gasteiger partial charge in [0.05, 0.1) is 11.6 Å². The molecule has 0 radical (unpaired) electrons. The third kappa shape index (κ3) is 4.31. The van der Waals surface area contributed by atoms with Crippen LogP contribution in [0, 0.1) is 12.8 Å². The summed E-state index contributed by atoms with van der Waals surface area (Å²) >= 11 is 0. The van der Waals surface area contributed by atoms with Gasteiger partial charge < -0.3 is 14.2 Å². The Morgan fingerprint density at radius 1 is 1.32 bits per heavy atom. The second kappa shape index (κ2) is 8.14. The Morgan fingerprint density at radius 2 is 2.10 bits per heavy atom. The number of aryl methyl sites for hydroxylation is 1. The molecule has 11 heteroatoms. The first-order valence-corrected chi connectivity index (χ1v) is 11.3. The van der Waals surface area contributed by atoms with Crippen molar-refractivity contribution >= 4 is 33.6 Å². The molecule has 0 saturated carbocycles. The summed E-state index contributed by atoms with van der Waals surface area (Å²) in [5.41, 5.74) is 1.15. The molecule has 1 fully saturated rings. The van der Waals surface area contributed by atoms with Gasteiger partial charge in [0.15, 0.2) is 11.9 Å². The van der Waals surface area contributed by atoms with E-state index >= 15 is 0 Å². The Kier molecular flexibility index (Phi) is 5.52. The molecular weight excluding hydrogens is 424 g/mol. The lowest BCUT2D eigenvalue weighted by atomic mass is 9.97. The van der Waals surface area contributed by atoms with Crippen LogP contribution >= 0.6 is 0 Å². The third-order valence-electron chi connectivity index (χ3n) is 5.20. The lowest BCUT2D eigenvalue weighted by Crippen LogP contribution is -2.44. The predicted octanol–water partition coefficient (Wildman–Crippen LogP) is 1.71. The van der Waals surface area contributed by atoms with Crippen LogP contribution in [-0.2, 0) is 24.3 Å². The van der Waals surface area contributed by atoms with Gasteiger partial charge in [-0.3, -0.25) is 14.9 Å². The van der Waals surface area contributed by atoms with E-state index in [2.05, 4.69) is 14.9 Å². The first-order chi connectivity index (χ1) is 14.7. The smallest absolute Gasteiger partial charge is 0.311 e. The Bertz CT molecular complexity index is 1160. The molecule has 1 aromatic heterocycles. The highest BCUT2D eigenvalue weighted by Crippen LogP contribution is 2.30. The Hall–Kier alpha value is -3.21. The minimum Gasteiger partial charge on any atom is -0.452 e. The molecule has 1 aromatic carbocycles. The number of amides is 1. The molecule has 0 spiro atoms. The molecule has 0 bridgehead atoms. The molecule has 2 aliphatic rings. The van der Waals surface area contributed by atoms with Gasteiger partial charge in [-0.2, -0.15) is 8.42 Å². The van der Waals surface area contributed by atoms with Gasteiger partial charge in [0.25, 0.3) is 15.9 Å². The van der Waals surface area contributed by atoms with Crippen molar-refractivity contribution in [2.45, 2.75) is 37.7 Å². The minimum absolute atomic E-state index is 0.169. The van der Waals surface area contributed by atoms with E-state index in [0.717, 1.165) is 0 Å². The van der Waals surface area contributed by atoms with E-state index < -0.39 is 33.9 Å². The number of likely N-dealkylation sites (tertiary alicyclic amines) is 1. The van der Waals surface area contributed by atoms with Gasteiger partial charge in [-0.25, -0.2) is 0 Å². The number of hydrogen-bond donors (Lipinski definition) is 1. The standard InChI is InChI=1S/C20H22N4O6S/c1-12-10-17(30-22-12)21-19(25)13(2)29-20(26)14-6-5-9-24(11-14)18-15-7-3-4-8-16(15)31(27,28)23-18/h3-4,7-8,10,13-14H,5-6,9,11H2,1-2H3,(H,21,25). The van der Waals surface area contributed by atoms with Crippen molar-refractivity contribution in [3.8, 4) is 0 Å². The summed E-state index contributed by atoms with van der Waals surface area (Å²) in [4.78, 5) is 26.9. The van der Waals surface area contributed by atoms with Crippen molar-refractivity contribution in [3.05, 3.63) is 41.6 Å². The van der Waals surface area contributed by atoms with E-state index in [1.165, 1.54) is 13.0 Å². The number of sulfonamides is 1. The normalized spacial score (nSPS) is 20.5. The van der Waals surface area contributed by atoms with Crippen molar-refractivity contribution in [2.24, 2.45) is 10.3 Å². The number of benzene rings is 1. The molecule has 2 unspecified atom stereocenters. The van der Waals surface area contributed by atoms with Gasteiger partial charge in [0.2, 0.25) is 5.88 Å². The Morgan fingerprint density at radius 3 is 2.84 bits per heavy atom. The number of carbonyl (C=O) groups is 2. The van der Waals surface area contributed by atoms with Crippen LogP contribution in [0.15, 0.2) is 44.1 Å². The van der Waals surface area contributed by atoms with Gasteiger partial charge in [-0.05, 0) is 38.8 Å². The minimum atomic E-state index is -3.74. The number of rotatable bonds is 4. The van der Waals surface area contributed by atoms with E-state index in [4.69, 9.17) is 9.26 Å². The SMILES string of the molecule is Cc1cc(NC(=O)C(C)OC(=O)C2CCCN(C3=NS(=O)(=O)c4ccccc43)C2)on1. The van der Waals surface area contributed by atoms with Gasteiger partial charge in [-0.15, -0.1) is 4.40 Å². The maximum absolute atomic E-state index is 12.7. The molecule has 2 aromatic rings. The summed E-state index contributed by atoms with van der Waals surface area (Å²) in [6.45, 7) is 4.03. The van der Waals surface area contributed by atoms with Crippen LogP contribution < -0.4 is 5.32 Å². The average molecular weight is 446 g/mol. The number of amidine groups is 1. The molecular formula is C20H22N4O6S. The highest BCUT2D eigenvalue weighted by atomic mass is 32.2. The van der Waals surface area contributed by atoms with E-state index in [0.29, 0.717) is 36.5 Å². The highest BCUT2D eigenvalue weighted by Gasteiger charge is 2.36. The van der Waals surface area contributed by atoms with Crippen molar-refractivity contribution in [1.82, 2.24) is 10.1 Å². The number of ether oxygens (including phenoxy) is 1. The lowest BCUT2D eigenvalue weighted by Gasteiger charge is -2.33. The zero-order valence-electron chi connectivity index (χ0n) is 17.1.